The quantitative estimate of drug-likeness (QED) is 0.353. The first kappa shape index (κ1) is 10.8. The lowest BCUT2D eigenvalue weighted by Gasteiger charge is -2.01. The first-order valence-corrected chi connectivity index (χ1v) is 4.55. The molecule has 0 aliphatic carbocycles. The first-order chi connectivity index (χ1) is 6.43. The van der Waals surface area contributed by atoms with E-state index in [1.807, 2.05) is 0 Å². The average molecular weight is 259 g/mol. The fourth-order valence-electron chi connectivity index (χ4n) is 0.975. The Morgan fingerprint density at radius 3 is 2.64 bits per heavy atom. The normalized spacial score (nSPS) is 9.93. The highest BCUT2D eigenvalue weighted by Crippen LogP contribution is 2.23. The van der Waals surface area contributed by atoms with Crippen LogP contribution in [-0.4, -0.2) is 15.7 Å². The predicted molar refractivity (Wildman–Crippen MR) is 53.3 cm³/mol. The summed E-state index contributed by atoms with van der Waals surface area (Å²) in [5, 5.41) is 10.6. The van der Waals surface area contributed by atoms with E-state index in [9.17, 15) is 14.9 Å². The van der Waals surface area contributed by atoms with Gasteiger partial charge in [-0.15, -0.1) is 0 Å². The molecular formula is C8H7BrN2O3. The average Bonchev–Trinajstić information content (AvgIpc) is 2.08. The van der Waals surface area contributed by atoms with Crippen LogP contribution in [0.5, 0.6) is 0 Å². The molecular weight excluding hydrogens is 252 g/mol. The number of aromatic nitrogens is 1. The third-order valence-corrected chi connectivity index (χ3v) is 2.46. The van der Waals surface area contributed by atoms with Crippen LogP contribution in [0.15, 0.2) is 10.7 Å². The van der Waals surface area contributed by atoms with Crippen molar-refractivity contribution in [2.75, 3.05) is 0 Å². The third kappa shape index (κ3) is 1.95. The monoisotopic (exact) mass is 258 g/mol. The van der Waals surface area contributed by atoms with E-state index < -0.39 is 10.7 Å². The topological polar surface area (TPSA) is 73.1 Å². The van der Waals surface area contributed by atoms with Crippen molar-refractivity contribution in [3.8, 4) is 0 Å². The minimum atomic E-state index is -0.608. The summed E-state index contributed by atoms with van der Waals surface area (Å²) in [6.45, 7) is 2.92. The van der Waals surface area contributed by atoms with Gasteiger partial charge in [0.25, 0.3) is 5.69 Å². The number of nitrogens with zero attached hydrogens (tertiary/aromatic N) is 2. The standard InChI is InChI=1S/C8H7BrN2O3/c1-4-3-6(11(13)14)7(5(2)12)10-8(4)9/h3H,1-2H3. The van der Waals surface area contributed by atoms with Crippen LogP contribution in [0.1, 0.15) is 23.0 Å². The number of carbonyl (C=O) groups excluding carboxylic acids is 1. The van der Waals surface area contributed by atoms with Gasteiger partial charge in [0.1, 0.15) is 4.60 Å². The van der Waals surface area contributed by atoms with Gasteiger partial charge in [-0.05, 0) is 28.4 Å². The van der Waals surface area contributed by atoms with Crippen LogP contribution >= 0.6 is 15.9 Å². The third-order valence-electron chi connectivity index (χ3n) is 1.66. The molecule has 0 radical (unpaired) electrons. The Morgan fingerprint density at radius 2 is 2.21 bits per heavy atom. The van der Waals surface area contributed by atoms with E-state index in [2.05, 4.69) is 20.9 Å². The van der Waals surface area contributed by atoms with E-state index in [-0.39, 0.29) is 11.4 Å². The molecule has 0 saturated carbocycles. The number of carbonyl (C=O) groups is 1. The van der Waals surface area contributed by atoms with Gasteiger partial charge in [0, 0.05) is 13.0 Å². The molecule has 0 bridgehead atoms. The van der Waals surface area contributed by atoms with Crippen molar-refractivity contribution < 1.29 is 9.72 Å². The van der Waals surface area contributed by atoms with Crippen molar-refractivity contribution in [1.29, 1.82) is 0 Å². The lowest BCUT2D eigenvalue weighted by Crippen LogP contribution is -2.04. The van der Waals surface area contributed by atoms with Crippen molar-refractivity contribution in [2.45, 2.75) is 13.8 Å². The lowest BCUT2D eigenvalue weighted by molar-refractivity contribution is -0.385. The number of hydrogen-bond donors (Lipinski definition) is 0. The Bertz CT molecular complexity index is 378. The highest BCUT2D eigenvalue weighted by Gasteiger charge is 2.20. The van der Waals surface area contributed by atoms with Crippen LogP contribution < -0.4 is 0 Å². The van der Waals surface area contributed by atoms with Crippen molar-refractivity contribution in [2.24, 2.45) is 0 Å². The molecule has 0 N–H and O–H groups in total. The van der Waals surface area contributed by atoms with Crippen molar-refractivity contribution >= 4 is 27.4 Å². The van der Waals surface area contributed by atoms with Gasteiger partial charge in [0.15, 0.2) is 11.5 Å². The van der Waals surface area contributed by atoms with Crippen molar-refractivity contribution in [3.05, 3.63) is 32.0 Å². The molecule has 0 aliphatic heterocycles. The summed E-state index contributed by atoms with van der Waals surface area (Å²) >= 11 is 3.11. The number of Topliss-reactive ketones (excluding diaryl/α,β-unsaturated/α-hetero) is 1. The van der Waals surface area contributed by atoms with Crippen LogP contribution in [0.25, 0.3) is 0 Å². The van der Waals surface area contributed by atoms with E-state index in [4.69, 9.17) is 0 Å². The summed E-state index contributed by atoms with van der Waals surface area (Å²) in [6.07, 6.45) is 0. The second-order valence-corrected chi connectivity index (χ2v) is 3.53. The number of pyridine rings is 1. The summed E-state index contributed by atoms with van der Waals surface area (Å²) in [4.78, 5) is 24.8. The number of ketones is 1. The van der Waals surface area contributed by atoms with Crippen LogP contribution in [0, 0.1) is 17.0 Å². The fourth-order valence-corrected chi connectivity index (χ4v) is 1.27. The molecule has 1 rings (SSSR count). The van der Waals surface area contributed by atoms with Crippen LogP contribution in [-0.2, 0) is 0 Å². The Balaban J connectivity index is 3.46. The second kappa shape index (κ2) is 3.83. The smallest absolute Gasteiger partial charge is 0.292 e. The molecule has 0 fully saturated rings. The highest BCUT2D eigenvalue weighted by atomic mass is 79.9. The fraction of sp³-hybridized carbons (Fsp3) is 0.250. The second-order valence-electron chi connectivity index (χ2n) is 2.78. The van der Waals surface area contributed by atoms with Gasteiger partial charge in [-0.2, -0.15) is 0 Å². The molecule has 0 amide bonds. The summed E-state index contributed by atoms with van der Waals surface area (Å²) in [7, 11) is 0. The minimum absolute atomic E-state index is 0.118. The van der Waals surface area contributed by atoms with Gasteiger partial charge in [0.05, 0.1) is 4.92 Å². The van der Waals surface area contributed by atoms with Crippen molar-refractivity contribution in [1.82, 2.24) is 4.98 Å². The maximum atomic E-state index is 11.0. The molecule has 0 atom stereocenters. The summed E-state index contributed by atoms with van der Waals surface area (Å²) < 4.78 is 0.452. The van der Waals surface area contributed by atoms with Gasteiger partial charge in [-0.25, -0.2) is 4.98 Å². The van der Waals surface area contributed by atoms with Gasteiger partial charge in [0.2, 0.25) is 0 Å². The number of aryl methyl sites for hydroxylation is 1. The summed E-state index contributed by atoms with van der Waals surface area (Å²) in [5.41, 5.74) is 0.257. The Kier molecular flexibility index (Phi) is 2.95. The zero-order valence-corrected chi connectivity index (χ0v) is 9.16. The molecule has 5 nitrogen and oxygen atoms in total. The van der Waals surface area contributed by atoms with E-state index >= 15 is 0 Å². The SMILES string of the molecule is CC(=O)c1nc(Br)c(C)cc1[N+](=O)[O-]. The van der Waals surface area contributed by atoms with Crippen LogP contribution in [0.3, 0.4) is 0 Å². The molecule has 0 saturated heterocycles. The molecule has 0 spiro atoms. The molecule has 0 unspecified atom stereocenters. The zero-order chi connectivity index (χ0) is 10.9. The Labute approximate surface area is 88.4 Å². The van der Waals surface area contributed by atoms with E-state index in [1.165, 1.54) is 13.0 Å². The minimum Gasteiger partial charge on any atom is -0.292 e. The maximum absolute atomic E-state index is 11.0. The molecule has 1 aromatic rings. The van der Waals surface area contributed by atoms with Crippen LogP contribution in [0.2, 0.25) is 0 Å². The molecule has 1 heterocycles. The molecule has 0 aromatic carbocycles. The Morgan fingerprint density at radius 1 is 1.64 bits per heavy atom. The Hall–Kier alpha value is -1.30. The van der Waals surface area contributed by atoms with E-state index in [0.29, 0.717) is 10.2 Å². The number of rotatable bonds is 2. The van der Waals surface area contributed by atoms with Gasteiger partial charge in [-0.3, -0.25) is 14.9 Å². The van der Waals surface area contributed by atoms with E-state index in [0.717, 1.165) is 0 Å². The number of halogens is 1. The summed E-state index contributed by atoms with van der Waals surface area (Å²) in [6, 6.07) is 1.33. The van der Waals surface area contributed by atoms with Crippen LogP contribution in [0.4, 0.5) is 5.69 Å². The zero-order valence-electron chi connectivity index (χ0n) is 7.57. The van der Waals surface area contributed by atoms with Gasteiger partial charge >= 0.3 is 0 Å². The summed E-state index contributed by atoms with van der Waals surface area (Å²) in [5.74, 6) is -0.419. The number of nitro groups is 1. The molecule has 6 heteroatoms. The number of hydrogen-bond acceptors (Lipinski definition) is 4. The molecule has 0 aliphatic rings. The lowest BCUT2D eigenvalue weighted by atomic mass is 10.2. The van der Waals surface area contributed by atoms with Crippen molar-refractivity contribution in [3.63, 3.8) is 0 Å². The predicted octanol–water partition coefficient (Wildman–Crippen LogP) is 2.26. The largest absolute Gasteiger partial charge is 0.298 e. The highest BCUT2D eigenvalue weighted by molar-refractivity contribution is 9.10. The molecule has 14 heavy (non-hydrogen) atoms. The maximum Gasteiger partial charge on any atom is 0.298 e. The first-order valence-electron chi connectivity index (χ1n) is 3.76. The van der Waals surface area contributed by atoms with E-state index in [1.54, 1.807) is 6.92 Å². The van der Waals surface area contributed by atoms with Gasteiger partial charge in [-0.1, -0.05) is 0 Å². The molecule has 74 valence electrons. The van der Waals surface area contributed by atoms with Gasteiger partial charge < -0.3 is 0 Å². The molecule has 1 aromatic heterocycles.